The summed E-state index contributed by atoms with van der Waals surface area (Å²) in [4.78, 5) is 24.1. The molecule has 0 saturated carbocycles. The molecule has 0 heterocycles. The molecular formula is C15H22O4Si. The Balaban J connectivity index is 2.93. The number of esters is 1. The van der Waals surface area contributed by atoms with Gasteiger partial charge in [-0.1, -0.05) is 26.0 Å². The number of hydrogen-bond donors (Lipinski definition) is 0. The van der Waals surface area contributed by atoms with Crippen LogP contribution in [0.1, 0.15) is 34.6 Å². The van der Waals surface area contributed by atoms with Crippen molar-refractivity contribution in [3.05, 3.63) is 35.4 Å². The van der Waals surface area contributed by atoms with Gasteiger partial charge in [0, 0.05) is 0 Å². The van der Waals surface area contributed by atoms with Crippen LogP contribution in [0.5, 0.6) is 0 Å². The van der Waals surface area contributed by atoms with E-state index < -0.39 is 20.3 Å². The lowest BCUT2D eigenvalue weighted by molar-refractivity contribution is 0.0451. The van der Waals surface area contributed by atoms with Gasteiger partial charge in [0.25, 0.3) is 0 Å². The molecule has 0 aliphatic rings. The van der Waals surface area contributed by atoms with Crippen LogP contribution < -0.4 is 0 Å². The monoisotopic (exact) mass is 294 g/mol. The zero-order valence-corrected chi connectivity index (χ0v) is 13.7. The van der Waals surface area contributed by atoms with Crippen molar-refractivity contribution in [2.75, 3.05) is 6.61 Å². The normalized spacial score (nSPS) is 11.3. The second-order valence-corrected chi connectivity index (χ2v) is 10.5. The molecule has 1 aromatic rings. The number of hydrogen-bond acceptors (Lipinski definition) is 4. The first-order valence-corrected chi connectivity index (χ1v) is 10.1. The van der Waals surface area contributed by atoms with Gasteiger partial charge in [0.15, 0.2) is 0 Å². The van der Waals surface area contributed by atoms with E-state index in [-0.39, 0.29) is 17.0 Å². The molecule has 0 saturated heterocycles. The van der Waals surface area contributed by atoms with Crippen LogP contribution in [-0.2, 0) is 9.16 Å². The molecule has 0 aliphatic heterocycles. The van der Waals surface area contributed by atoms with Crippen LogP contribution in [0.25, 0.3) is 0 Å². The van der Waals surface area contributed by atoms with E-state index in [9.17, 15) is 9.59 Å². The van der Waals surface area contributed by atoms with Gasteiger partial charge in [0.05, 0.1) is 17.7 Å². The maximum absolute atomic E-state index is 12.1. The minimum Gasteiger partial charge on any atom is -0.516 e. The summed E-state index contributed by atoms with van der Waals surface area (Å²) in [7, 11) is -2.00. The van der Waals surface area contributed by atoms with Gasteiger partial charge in [0.1, 0.15) is 0 Å². The predicted molar refractivity (Wildman–Crippen MR) is 80.3 cm³/mol. The lowest BCUT2D eigenvalue weighted by Gasteiger charge is -2.18. The van der Waals surface area contributed by atoms with Crippen LogP contribution in [0.4, 0.5) is 0 Å². The lowest BCUT2D eigenvalue weighted by Crippen LogP contribution is -2.30. The molecule has 1 rings (SSSR count). The molecule has 0 fully saturated rings. The molecule has 5 heteroatoms. The Morgan fingerprint density at radius 1 is 1.05 bits per heavy atom. The highest BCUT2D eigenvalue weighted by Crippen LogP contribution is 2.15. The molecule has 20 heavy (non-hydrogen) atoms. The highest BCUT2D eigenvalue weighted by Gasteiger charge is 2.25. The second kappa shape index (κ2) is 6.70. The van der Waals surface area contributed by atoms with Gasteiger partial charge in [-0.05, 0) is 37.7 Å². The smallest absolute Gasteiger partial charge is 0.339 e. The van der Waals surface area contributed by atoms with Gasteiger partial charge in [-0.3, -0.25) is 0 Å². The van der Waals surface area contributed by atoms with E-state index >= 15 is 0 Å². The quantitative estimate of drug-likeness (QED) is 0.616. The molecule has 0 radical (unpaired) electrons. The highest BCUT2D eigenvalue weighted by atomic mass is 28.4. The highest BCUT2D eigenvalue weighted by molar-refractivity contribution is 6.71. The maximum Gasteiger partial charge on any atom is 0.339 e. The standard InChI is InChI=1S/C15H22O4Si/c1-11(2)10-18-14(16)12-8-6-7-9-13(12)15(17)19-20(3,4)5/h6-9,11H,10H2,1-5H3. The molecular weight excluding hydrogens is 272 g/mol. The van der Waals surface area contributed by atoms with E-state index in [1.165, 1.54) is 0 Å². The van der Waals surface area contributed by atoms with Crippen molar-refractivity contribution >= 4 is 20.3 Å². The maximum atomic E-state index is 12.1. The first kappa shape index (κ1) is 16.4. The number of benzene rings is 1. The Labute approximate surface area is 121 Å². The van der Waals surface area contributed by atoms with Crippen molar-refractivity contribution in [1.82, 2.24) is 0 Å². The summed E-state index contributed by atoms with van der Waals surface area (Å²) in [5, 5.41) is 0. The Morgan fingerprint density at radius 3 is 2.00 bits per heavy atom. The summed E-state index contributed by atoms with van der Waals surface area (Å²) in [6, 6.07) is 6.59. The van der Waals surface area contributed by atoms with Crippen LogP contribution in [0, 0.1) is 5.92 Å². The molecule has 0 spiro atoms. The van der Waals surface area contributed by atoms with Gasteiger partial charge in [0.2, 0.25) is 8.32 Å². The van der Waals surface area contributed by atoms with Gasteiger partial charge in [-0.25, -0.2) is 9.59 Å². The van der Waals surface area contributed by atoms with E-state index in [2.05, 4.69) is 0 Å². The zero-order chi connectivity index (χ0) is 15.3. The Bertz CT molecular complexity index is 489. The van der Waals surface area contributed by atoms with Crippen molar-refractivity contribution in [2.24, 2.45) is 5.92 Å². The summed E-state index contributed by atoms with van der Waals surface area (Å²) in [6.45, 7) is 10.0. The Morgan fingerprint density at radius 2 is 1.55 bits per heavy atom. The van der Waals surface area contributed by atoms with E-state index in [0.717, 1.165) is 0 Å². The lowest BCUT2D eigenvalue weighted by atomic mass is 10.1. The number of carbonyl (C=O) groups is 2. The van der Waals surface area contributed by atoms with Crippen LogP contribution >= 0.6 is 0 Å². The number of rotatable bonds is 5. The summed E-state index contributed by atoms with van der Waals surface area (Å²) < 4.78 is 10.6. The van der Waals surface area contributed by atoms with E-state index in [4.69, 9.17) is 9.16 Å². The van der Waals surface area contributed by atoms with Gasteiger partial charge < -0.3 is 9.16 Å². The average Bonchev–Trinajstić information content (AvgIpc) is 2.33. The third-order valence-corrected chi connectivity index (χ3v) is 3.11. The fourth-order valence-corrected chi connectivity index (χ4v) is 2.16. The minimum absolute atomic E-state index is 0.250. The Kier molecular flexibility index (Phi) is 5.50. The summed E-state index contributed by atoms with van der Waals surface area (Å²) in [6.07, 6.45) is 0. The average molecular weight is 294 g/mol. The van der Waals surface area contributed by atoms with Crippen LogP contribution in [0.15, 0.2) is 24.3 Å². The first-order chi connectivity index (χ1) is 9.20. The van der Waals surface area contributed by atoms with Crippen molar-refractivity contribution in [2.45, 2.75) is 33.5 Å². The van der Waals surface area contributed by atoms with Crippen LogP contribution in [0.3, 0.4) is 0 Å². The van der Waals surface area contributed by atoms with Crippen molar-refractivity contribution in [3.8, 4) is 0 Å². The molecule has 0 atom stereocenters. The van der Waals surface area contributed by atoms with E-state index in [1.54, 1.807) is 24.3 Å². The molecule has 0 unspecified atom stereocenters. The minimum atomic E-state index is -2.00. The largest absolute Gasteiger partial charge is 0.516 e. The second-order valence-electron chi connectivity index (χ2n) is 6.04. The summed E-state index contributed by atoms with van der Waals surface area (Å²) >= 11 is 0. The molecule has 0 aliphatic carbocycles. The number of carbonyl (C=O) groups excluding carboxylic acids is 2. The van der Waals surface area contributed by atoms with E-state index in [1.807, 2.05) is 33.5 Å². The first-order valence-electron chi connectivity index (χ1n) is 6.70. The van der Waals surface area contributed by atoms with Gasteiger partial charge in [-0.15, -0.1) is 0 Å². The van der Waals surface area contributed by atoms with E-state index in [0.29, 0.717) is 6.61 Å². The molecule has 1 aromatic carbocycles. The zero-order valence-electron chi connectivity index (χ0n) is 12.7. The fraction of sp³-hybridized carbons (Fsp3) is 0.467. The van der Waals surface area contributed by atoms with Crippen molar-refractivity contribution in [1.29, 1.82) is 0 Å². The third-order valence-electron chi connectivity index (χ3n) is 2.31. The molecule has 110 valence electrons. The number of ether oxygens (including phenoxy) is 1. The molecule has 0 bridgehead atoms. The predicted octanol–water partition coefficient (Wildman–Crippen LogP) is 3.49. The van der Waals surface area contributed by atoms with Crippen molar-refractivity contribution < 1.29 is 18.8 Å². The molecule has 0 aromatic heterocycles. The molecule has 4 nitrogen and oxygen atoms in total. The SMILES string of the molecule is CC(C)COC(=O)c1ccccc1C(=O)O[Si](C)(C)C. The fourth-order valence-electron chi connectivity index (χ4n) is 1.49. The van der Waals surface area contributed by atoms with Crippen LogP contribution in [-0.4, -0.2) is 26.9 Å². The topological polar surface area (TPSA) is 52.6 Å². The van der Waals surface area contributed by atoms with Gasteiger partial charge >= 0.3 is 11.9 Å². The van der Waals surface area contributed by atoms with Gasteiger partial charge in [-0.2, -0.15) is 0 Å². The third kappa shape index (κ3) is 5.17. The van der Waals surface area contributed by atoms with Crippen molar-refractivity contribution in [3.63, 3.8) is 0 Å². The summed E-state index contributed by atoms with van der Waals surface area (Å²) in [5.74, 6) is -0.692. The summed E-state index contributed by atoms with van der Waals surface area (Å²) in [5.41, 5.74) is 0.528. The molecule has 0 amide bonds. The van der Waals surface area contributed by atoms with Crippen LogP contribution in [0.2, 0.25) is 19.6 Å². The molecule has 0 N–H and O–H groups in total. The Hall–Kier alpha value is -1.62.